The Labute approximate surface area is 137 Å². The predicted molar refractivity (Wildman–Crippen MR) is 90.8 cm³/mol. The molecule has 1 aromatic carbocycles. The first kappa shape index (κ1) is 14.2. The first-order chi connectivity index (χ1) is 11.3. The van der Waals surface area contributed by atoms with Crippen molar-refractivity contribution in [3.05, 3.63) is 71.7 Å². The number of aromatic nitrogens is 2. The number of aryl methyl sites for hydroxylation is 1. The zero-order valence-electron chi connectivity index (χ0n) is 13.3. The van der Waals surface area contributed by atoms with Gasteiger partial charge in [-0.05, 0) is 56.1 Å². The number of hydrogen-bond acceptors (Lipinski definition) is 3. The number of para-hydroxylation sites is 1. The van der Waals surface area contributed by atoms with E-state index in [2.05, 4.69) is 35.1 Å². The third-order valence-electron chi connectivity index (χ3n) is 4.60. The van der Waals surface area contributed by atoms with Gasteiger partial charge >= 0.3 is 0 Å². The van der Waals surface area contributed by atoms with Crippen LogP contribution in [0.3, 0.4) is 0 Å². The Morgan fingerprint density at radius 3 is 3.04 bits per heavy atom. The van der Waals surface area contributed by atoms with Crippen LogP contribution in [0.2, 0.25) is 0 Å². The maximum Gasteiger partial charge on any atom is 0.105 e. The van der Waals surface area contributed by atoms with Crippen molar-refractivity contribution in [2.24, 2.45) is 0 Å². The Balaban J connectivity index is 1.58. The SMILES string of the molecule is CN(Cc1c#cc2ccccc2n1)C1CCCc2cccnc21. The molecule has 3 heteroatoms. The van der Waals surface area contributed by atoms with Crippen LogP contribution >= 0.6 is 0 Å². The molecule has 1 atom stereocenters. The quantitative estimate of drug-likeness (QED) is 0.738. The van der Waals surface area contributed by atoms with Crippen LogP contribution in [0, 0.1) is 12.1 Å². The minimum atomic E-state index is 0.363. The molecule has 23 heavy (non-hydrogen) atoms. The standard InChI is InChI=1S/C20H19N3/c1-23(19-10-4-7-16-8-5-13-21-20(16)19)14-17-12-11-15-6-2-3-9-18(15)22-17/h2-3,5-6,8-9,13,19H,4,7,10,14H2,1H3. The van der Waals surface area contributed by atoms with E-state index < -0.39 is 0 Å². The number of rotatable bonds is 3. The van der Waals surface area contributed by atoms with E-state index in [-0.39, 0.29) is 0 Å². The van der Waals surface area contributed by atoms with E-state index in [1.165, 1.54) is 17.7 Å². The summed E-state index contributed by atoms with van der Waals surface area (Å²) in [5.74, 6) is 0. The Hall–Kier alpha value is -2.44. The Bertz CT molecular complexity index is 828. The fourth-order valence-electron chi connectivity index (χ4n) is 3.42. The second kappa shape index (κ2) is 5.98. The maximum absolute atomic E-state index is 4.72. The largest absolute Gasteiger partial charge is 0.291 e. The summed E-state index contributed by atoms with van der Waals surface area (Å²) < 4.78 is 0. The highest BCUT2D eigenvalue weighted by molar-refractivity contribution is 5.76. The molecule has 1 aliphatic rings. The Morgan fingerprint density at radius 2 is 2.09 bits per heavy atom. The number of fused-ring (bicyclic) bond motifs is 2. The minimum absolute atomic E-state index is 0.363. The van der Waals surface area contributed by atoms with Crippen LogP contribution in [-0.2, 0) is 13.0 Å². The molecule has 1 aliphatic carbocycles. The first-order valence-electron chi connectivity index (χ1n) is 8.14. The molecule has 0 aliphatic heterocycles. The van der Waals surface area contributed by atoms with Crippen molar-refractivity contribution in [1.29, 1.82) is 0 Å². The summed E-state index contributed by atoms with van der Waals surface area (Å²) in [6.07, 6.45) is 5.41. The molecule has 0 saturated heterocycles. The van der Waals surface area contributed by atoms with E-state index in [0.717, 1.165) is 36.0 Å². The van der Waals surface area contributed by atoms with Crippen LogP contribution in [0.1, 0.15) is 35.8 Å². The van der Waals surface area contributed by atoms with E-state index in [1.54, 1.807) is 0 Å². The lowest BCUT2D eigenvalue weighted by atomic mass is 9.91. The van der Waals surface area contributed by atoms with Gasteiger partial charge < -0.3 is 0 Å². The van der Waals surface area contributed by atoms with Crippen LogP contribution < -0.4 is 0 Å². The van der Waals surface area contributed by atoms with Crippen molar-refractivity contribution in [3.63, 3.8) is 0 Å². The van der Waals surface area contributed by atoms with Crippen LogP contribution in [0.25, 0.3) is 10.9 Å². The monoisotopic (exact) mass is 301 g/mol. The molecule has 0 fully saturated rings. The third-order valence-corrected chi connectivity index (χ3v) is 4.60. The molecule has 0 saturated carbocycles. The molecule has 3 aromatic rings. The summed E-state index contributed by atoms with van der Waals surface area (Å²) in [6, 6.07) is 19.1. The van der Waals surface area contributed by atoms with Gasteiger partial charge in [0.1, 0.15) is 5.69 Å². The fourth-order valence-corrected chi connectivity index (χ4v) is 3.42. The molecular weight excluding hydrogens is 282 g/mol. The zero-order valence-corrected chi connectivity index (χ0v) is 13.3. The average molecular weight is 301 g/mol. The predicted octanol–water partition coefficient (Wildman–Crippen LogP) is 3.74. The Kier molecular flexibility index (Phi) is 3.69. The summed E-state index contributed by atoms with van der Waals surface area (Å²) >= 11 is 0. The molecule has 114 valence electrons. The van der Waals surface area contributed by atoms with E-state index in [0.29, 0.717) is 6.04 Å². The van der Waals surface area contributed by atoms with Gasteiger partial charge in [0.15, 0.2) is 0 Å². The number of benzene rings is 1. The number of nitrogens with zero attached hydrogens (tertiary/aromatic N) is 3. The van der Waals surface area contributed by atoms with E-state index in [4.69, 9.17) is 4.98 Å². The van der Waals surface area contributed by atoms with E-state index in [9.17, 15) is 0 Å². The second-order valence-corrected chi connectivity index (χ2v) is 6.20. The van der Waals surface area contributed by atoms with Gasteiger partial charge in [-0.3, -0.25) is 9.88 Å². The van der Waals surface area contributed by atoms with Gasteiger partial charge in [0.2, 0.25) is 0 Å². The van der Waals surface area contributed by atoms with Gasteiger partial charge in [0.05, 0.1) is 22.6 Å². The van der Waals surface area contributed by atoms with Crippen molar-refractivity contribution in [3.8, 4) is 0 Å². The molecule has 0 N–H and O–H groups in total. The normalized spacial score (nSPS) is 17.0. The molecule has 3 nitrogen and oxygen atoms in total. The number of hydrogen-bond donors (Lipinski definition) is 0. The molecule has 4 rings (SSSR count). The lowest BCUT2D eigenvalue weighted by Crippen LogP contribution is -2.28. The summed E-state index contributed by atoms with van der Waals surface area (Å²) in [6.45, 7) is 0.766. The fraction of sp³-hybridized carbons (Fsp3) is 0.300. The highest BCUT2D eigenvalue weighted by Crippen LogP contribution is 2.32. The lowest BCUT2D eigenvalue weighted by molar-refractivity contribution is 0.206. The van der Waals surface area contributed by atoms with Gasteiger partial charge in [-0.2, -0.15) is 0 Å². The van der Waals surface area contributed by atoms with Gasteiger partial charge in [0.25, 0.3) is 0 Å². The molecule has 2 aromatic heterocycles. The summed E-state index contributed by atoms with van der Waals surface area (Å²) in [5.41, 5.74) is 4.54. The van der Waals surface area contributed by atoms with Crippen molar-refractivity contribution < 1.29 is 0 Å². The second-order valence-electron chi connectivity index (χ2n) is 6.20. The maximum atomic E-state index is 4.72. The molecular formula is C20H19N3. The third kappa shape index (κ3) is 2.78. The summed E-state index contributed by atoms with van der Waals surface area (Å²) in [4.78, 5) is 11.7. The molecule has 0 radical (unpaired) electrons. The highest BCUT2D eigenvalue weighted by atomic mass is 15.1. The minimum Gasteiger partial charge on any atom is -0.291 e. The molecule has 0 spiro atoms. The van der Waals surface area contributed by atoms with E-state index in [1.807, 2.05) is 36.5 Å². The molecule has 2 heterocycles. The summed E-state index contributed by atoms with van der Waals surface area (Å²) in [5, 5.41) is 1.02. The van der Waals surface area contributed by atoms with Gasteiger partial charge in [-0.15, -0.1) is 0 Å². The molecule has 0 amide bonds. The Morgan fingerprint density at radius 1 is 1.17 bits per heavy atom. The average Bonchev–Trinajstić information content (AvgIpc) is 2.61. The van der Waals surface area contributed by atoms with Crippen LogP contribution in [0.15, 0.2) is 42.6 Å². The topological polar surface area (TPSA) is 29.0 Å². The zero-order chi connectivity index (χ0) is 15.6. The van der Waals surface area contributed by atoms with Gasteiger partial charge in [-0.25, -0.2) is 4.98 Å². The highest BCUT2D eigenvalue weighted by Gasteiger charge is 2.25. The smallest absolute Gasteiger partial charge is 0.105 e. The van der Waals surface area contributed by atoms with Crippen molar-refractivity contribution in [1.82, 2.24) is 14.9 Å². The van der Waals surface area contributed by atoms with Gasteiger partial charge in [0, 0.05) is 12.7 Å². The van der Waals surface area contributed by atoms with Crippen LogP contribution in [0.5, 0.6) is 0 Å². The summed E-state index contributed by atoms with van der Waals surface area (Å²) in [7, 11) is 2.15. The molecule has 1 unspecified atom stereocenters. The van der Waals surface area contributed by atoms with E-state index >= 15 is 0 Å². The first-order valence-corrected chi connectivity index (χ1v) is 8.14. The van der Waals surface area contributed by atoms with Crippen molar-refractivity contribution >= 4 is 10.9 Å². The lowest BCUT2D eigenvalue weighted by Gasteiger charge is -2.31. The van der Waals surface area contributed by atoms with Crippen LogP contribution in [-0.4, -0.2) is 21.9 Å². The van der Waals surface area contributed by atoms with Crippen molar-refractivity contribution in [2.45, 2.75) is 31.8 Å². The van der Waals surface area contributed by atoms with Crippen molar-refractivity contribution in [2.75, 3.05) is 7.05 Å². The number of pyridine rings is 1. The van der Waals surface area contributed by atoms with Crippen LogP contribution in [0.4, 0.5) is 0 Å². The molecule has 0 bridgehead atoms. The van der Waals surface area contributed by atoms with Gasteiger partial charge in [-0.1, -0.05) is 24.3 Å².